The molecule has 1 atom stereocenters. The van der Waals surface area contributed by atoms with E-state index in [1.54, 1.807) is 14.0 Å². The number of nitrogens with one attached hydrogen (secondary N) is 1. The van der Waals surface area contributed by atoms with Gasteiger partial charge in [0.15, 0.2) is 0 Å². The van der Waals surface area contributed by atoms with Crippen LogP contribution >= 0.6 is 11.6 Å². The number of ether oxygens (including phenoxy) is 1. The number of sulfone groups is 1. The van der Waals surface area contributed by atoms with Crippen molar-refractivity contribution in [3.63, 3.8) is 0 Å². The van der Waals surface area contributed by atoms with E-state index in [1.165, 1.54) is 0 Å². The smallest absolute Gasteiger partial charge is 0.150 e. The maximum absolute atomic E-state index is 11.7. The number of methoxy groups -OCH3 is 1. The molecule has 6 heteroatoms. The number of hydrogen-bond acceptors (Lipinski definition) is 4. The van der Waals surface area contributed by atoms with Crippen molar-refractivity contribution in [2.45, 2.75) is 19.3 Å². The van der Waals surface area contributed by atoms with Crippen molar-refractivity contribution >= 4 is 21.4 Å². The Morgan fingerprint density at radius 3 is 2.67 bits per heavy atom. The first-order valence-electron chi connectivity index (χ1n) is 7.14. The Hall–Kier alpha value is -0.620. The second-order valence-corrected chi connectivity index (χ2v) is 7.82. The summed E-state index contributed by atoms with van der Waals surface area (Å²) in [7, 11) is -1.31. The van der Waals surface area contributed by atoms with Gasteiger partial charge in [0.05, 0.1) is 12.4 Å². The molecule has 0 radical (unpaired) electrons. The average Bonchev–Trinajstić information content (AvgIpc) is 2.47. The monoisotopic (exact) mass is 333 g/mol. The zero-order valence-electron chi connectivity index (χ0n) is 12.6. The third kappa shape index (κ3) is 6.78. The lowest BCUT2D eigenvalue weighted by Gasteiger charge is -2.19. The van der Waals surface area contributed by atoms with E-state index in [-0.39, 0.29) is 17.4 Å². The first-order chi connectivity index (χ1) is 10.00. The minimum Gasteiger partial charge on any atom is -0.383 e. The Morgan fingerprint density at radius 1 is 1.33 bits per heavy atom. The molecule has 0 heterocycles. The maximum atomic E-state index is 11.7. The van der Waals surface area contributed by atoms with Gasteiger partial charge in [-0.15, -0.1) is 0 Å². The Kier molecular flexibility index (Phi) is 8.26. The third-order valence-electron chi connectivity index (χ3n) is 3.44. The molecule has 0 bridgehead atoms. The van der Waals surface area contributed by atoms with Crippen LogP contribution in [0.5, 0.6) is 0 Å². The average molecular weight is 334 g/mol. The number of halogens is 1. The Balaban J connectivity index is 2.73. The van der Waals surface area contributed by atoms with E-state index in [9.17, 15) is 8.42 Å². The van der Waals surface area contributed by atoms with Gasteiger partial charge in [0.2, 0.25) is 0 Å². The number of hydrogen-bond donors (Lipinski definition) is 1. The summed E-state index contributed by atoms with van der Waals surface area (Å²) in [6, 6.07) is 7.61. The van der Waals surface area contributed by atoms with E-state index in [2.05, 4.69) is 5.32 Å². The Morgan fingerprint density at radius 2 is 2.05 bits per heavy atom. The summed E-state index contributed by atoms with van der Waals surface area (Å²) >= 11 is 6.24. The van der Waals surface area contributed by atoms with Crippen molar-refractivity contribution in [3.8, 4) is 0 Å². The molecule has 0 saturated carbocycles. The molecule has 120 valence electrons. The molecular formula is C15H24ClNO3S. The van der Waals surface area contributed by atoms with Gasteiger partial charge >= 0.3 is 0 Å². The van der Waals surface area contributed by atoms with Gasteiger partial charge in [-0.2, -0.15) is 0 Å². The summed E-state index contributed by atoms with van der Waals surface area (Å²) in [5, 5.41) is 3.97. The standard InChI is InChI=1S/C15H24ClNO3S/c1-3-21(18,19)11-8-13(12-17-9-10-20-2)14-6-4-5-7-15(14)16/h4-7,13,17H,3,8-12H2,1-2H3. The predicted molar refractivity (Wildman–Crippen MR) is 87.9 cm³/mol. The topological polar surface area (TPSA) is 55.4 Å². The summed E-state index contributed by atoms with van der Waals surface area (Å²) in [6.45, 7) is 3.73. The molecule has 1 rings (SSSR count). The van der Waals surface area contributed by atoms with E-state index < -0.39 is 9.84 Å². The normalized spacial score (nSPS) is 13.3. The third-order valence-corrected chi connectivity index (χ3v) is 5.52. The molecule has 0 aliphatic carbocycles. The molecule has 21 heavy (non-hydrogen) atoms. The van der Waals surface area contributed by atoms with Gasteiger partial charge < -0.3 is 10.1 Å². The van der Waals surface area contributed by atoms with Crippen LogP contribution in [-0.2, 0) is 14.6 Å². The molecule has 0 aromatic heterocycles. The molecule has 1 aromatic rings. The lowest BCUT2D eigenvalue weighted by atomic mass is 9.96. The first-order valence-corrected chi connectivity index (χ1v) is 9.34. The second kappa shape index (κ2) is 9.41. The van der Waals surface area contributed by atoms with Crippen LogP contribution in [0.15, 0.2) is 24.3 Å². The second-order valence-electron chi connectivity index (χ2n) is 4.94. The van der Waals surface area contributed by atoms with Gasteiger partial charge in [-0.3, -0.25) is 0 Å². The van der Waals surface area contributed by atoms with Crippen LogP contribution in [0.3, 0.4) is 0 Å². The molecule has 0 aliphatic rings. The molecular weight excluding hydrogens is 310 g/mol. The highest BCUT2D eigenvalue weighted by atomic mass is 35.5. The van der Waals surface area contributed by atoms with Crippen LogP contribution in [0.1, 0.15) is 24.8 Å². The summed E-state index contributed by atoms with van der Waals surface area (Å²) in [5.74, 6) is 0.446. The molecule has 0 fully saturated rings. The molecule has 4 nitrogen and oxygen atoms in total. The van der Waals surface area contributed by atoms with Crippen LogP contribution in [0, 0.1) is 0 Å². The van der Waals surface area contributed by atoms with Crippen LogP contribution < -0.4 is 5.32 Å². The van der Waals surface area contributed by atoms with Gasteiger partial charge in [0, 0.05) is 31.0 Å². The van der Waals surface area contributed by atoms with Crippen molar-refractivity contribution in [3.05, 3.63) is 34.9 Å². The quantitative estimate of drug-likeness (QED) is 0.668. The lowest BCUT2D eigenvalue weighted by molar-refractivity contribution is 0.199. The number of benzene rings is 1. The molecule has 0 saturated heterocycles. The van der Waals surface area contributed by atoms with Gasteiger partial charge in [-0.05, 0) is 24.0 Å². The van der Waals surface area contributed by atoms with Gasteiger partial charge in [0.25, 0.3) is 0 Å². The van der Waals surface area contributed by atoms with Crippen molar-refractivity contribution in [2.75, 3.05) is 38.3 Å². The summed E-state index contributed by atoms with van der Waals surface area (Å²) in [4.78, 5) is 0. The summed E-state index contributed by atoms with van der Waals surface area (Å²) in [6.07, 6.45) is 0.569. The first kappa shape index (κ1) is 18.4. The van der Waals surface area contributed by atoms with E-state index in [1.807, 2.05) is 24.3 Å². The van der Waals surface area contributed by atoms with E-state index >= 15 is 0 Å². The Labute approximate surface area is 132 Å². The van der Waals surface area contributed by atoms with Crippen molar-refractivity contribution in [2.24, 2.45) is 0 Å². The van der Waals surface area contributed by atoms with E-state index in [0.717, 1.165) is 12.1 Å². The minimum atomic E-state index is -2.97. The van der Waals surface area contributed by atoms with Crippen molar-refractivity contribution < 1.29 is 13.2 Å². The zero-order valence-corrected chi connectivity index (χ0v) is 14.2. The van der Waals surface area contributed by atoms with Gasteiger partial charge in [-0.25, -0.2) is 8.42 Å². The molecule has 1 N–H and O–H groups in total. The SMILES string of the molecule is CCS(=O)(=O)CCC(CNCCOC)c1ccccc1Cl. The highest BCUT2D eigenvalue weighted by molar-refractivity contribution is 7.91. The molecule has 1 unspecified atom stereocenters. The largest absolute Gasteiger partial charge is 0.383 e. The fourth-order valence-corrected chi connectivity index (χ4v) is 3.31. The van der Waals surface area contributed by atoms with E-state index in [0.29, 0.717) is 24.6 Å². The fourth-order valence-electron chi connectivity index (χ4n) is 2.09. The fraction of sp³-hybridized carbons (Fsp3) is 0.600. The predicted octanol–water partition coefficient (Wildman–Crippen LogP) is 2.48. The molecule has 0 amide bonds. The van der Waals surface area contributed by atoms with Crippen molar-refractivity contribution in [1.29, 1.82) is 0 Å². The van der Waals surface area contributed by atoms with E-state index in [4.69, 9.17) is 16.3 Å². The Bertz CT molecular complexity index is 519. The van der Waals surface area contributed by atoms with Gasteiger partial charge in [0.1, 0.15) is 9.84 Å². The lowest BCUT2D eigenvalue weighted by Crippen LogP contribution is -2.26. The van der Waals surface area contributed by atoms with Crippen LogP contribution in [0.25, 0.3) is 0 Å². The summed E-state index contributed by atoms with van der Waals surface area (Å²) in [5.41, 5.74) is 0.996. The molecule has 0 aliphatic heterocycles. The van der Waals surface area contributed by atoms with Crippen LogP contribution in [-0.4, -0.2) is 46.7 Å². The molecule has 1 aromatic carbocycles. The van der Waals surface area contributed by atoms with Crippen LogP contribution in [0.2, 0.25) is 5.02 Å². The summed E-state index contributed by atoms with van der Waals surface area (Å²) < 4.78 is 28.4. The van der Waals surface area contributed by atoms with Crippen LogP contribution in [0.4, 0.5) is 0 Å². The number of rotatable bonds is 10. The highest BCUT2D eigenvalue weighted by Crippen LogP contribution is 2.27. The van der Waals surface area contributed by atoms with Gasteiger partial charge in [-0.1, -0.05) is 36.7 Å². The minimum absolute atomic E-state index is 0.0804. The molecule has 0 spiro atoms. The maximum Gasteiger partial charge on any atom is 0.150 e. The zero-order chi connectivity index (χ0) is 15.7. The highest BCUT2D eigenvalue weighted by Gasteiger charge is 2.18. The van der Waals surface area contributed by atoms with Crippen molar-refractivity contribution in [1.82, 2.24) is 5.32 Å².